The van der Waals surface area contributed by atoms with Crippen LogP contribution in [-0.4, -0.2) is 35.4 Å². The number of aliphatic hydroxyl groups excluding tert-OH is 2. The zero-order chi connectivity index (χ0) is 12.3. The van der Waals surface area contributed by atoms with Gasteiger partial charge in [-0.05, 0) is 42.5 Å². The normalized spacial score (nSPS) is 13.8. The highest BCUT2D eigenvalue weighted by atomic mass is 16.3. The molecule has 3 N–H and O–H groups in total. The molecule has 0 aliphatic heterocycles. The predicted molar refractivity (Wildman–Crippen MR) is 63.9 cm³/mol. The van der Waals surface area contributed by atoms with E-state index in [1.807, 2.05) is 12.1 Å². The minimum atomic E-state index is -0.587. The van der Waals surface area contributed by atoms with Crippen molar-refractivity contribution in [3.05, 3.63) is 34.9 Å². The van der Waals surface area contributed by atoms with Crippen LogP contribution in [0.25, 0.3) is 0 Å². The highest BCUT2D eigenvalue weighted by Gasteiger charge is 2.15. The summed E-state index contributed by atoms with van der Waals surface area (Å²) in [5.74, 6) is -0.243. The molecule has 4 nitrogen and oxygen atoms in total. The summed E-state index contributed by atoms with van der Waals surface area (Å²) >= 11 is 0. The number of hydrogen-bond acceptors (Lipinski definition) is 3. The molecule has 92 valence electrons. The lowest BCUT2D eigenvalue weighted by Crippen LogP contribution is -2.40. The Labute approximate surface area is 100 Å². The molecule has 0 fully saturated rings. The van der Waals surface area contributed by atoms with Crippen LogP contribution in [0, 0.1) is 0 Å². The third-order valence-electron chi connectivity index (χ3n) is 3.14. The lowest BCUT2D eigenvalue weighted by Gasteiger charge is -2.13. The van der Waals surface area contributed by atoms with Crippen molar-refractivity contribution in [2.45, 2.75) is 25.3 Å². The highest BCUT2D eigenvalue weighted by molar-refractivity contribution is 5.94. The third-order valence-corrected chi connectivity index (χ3v) is 3.14. The van der Waals surface area contributed by atoms with Gasteiger partial charge in [0.1, 0.15) is 0 Å². The van der Waals surface area contributed by atoms with Gasteiger partial charge in [0.25, 0.3) is 5.91 Å². The standard InChI is InChI=1S/C13H17NO3/c15-7-12(8-16)14-13(17)11-5-4-9-2-1-3-10(9)6-11/h4-6,12,15-16H,1-3,7-8H2,(H,14,17). The number of amides is 1. The van der Waals surface area contributed by atoms with E-state index in [1.165, 1.54) is 11.1 Å². The van der Waals surface area contributed by atoms with Gasteiger partial charge in [-0.2, -0.15) is 0 Å². The summed E-state index contributed by atoms with van der Waals surface area (Å²) in [6.07, 6.45) is 3.27. The summed E-state index contributed by atoms with van der Waals surface area (Å²) in [4.78, 5) is 11.8. The van der Waals surface area contributed by atoms with Gasteiger partial charge in [0.2, 0.25) is 0 Å². The Kier molecular flexibility index (Phi) is 3.76. The molecule has 2 rings (SSSR count). The maximum absolute atomic E-state index is 11.8. The third kappa shape index (κ3) is 2.65. The molecule has 0 atom stereocenters. The van der Waals surface area contributed by atoms with E-state index in [-0.39, 0.29) is 19.1 Å². The van der Waals surface area contributed by atoms with E-state index in [1.54, 1.807) is 6.07 Å². The molecule has 0 radical (unpaired) electrons. The number of aliphatic hydroxyl groups is 2. The Morgan fingerprint density at radius 3 is 2.65 bits per heavy atom. The van der Waals surface area contributed by atoms with Crippen molar-refractivity contribution >= 4 is 5.91 Å². The molecule has 1 aliphatic carbocycles. The number of aryl methyl sites for hydroxylation is 2. The quantitative estimate of drug-likeness (QED) is 0.701. The van der Waals surface area contributed by atoms with Gasteiger partial charge in [-0.15, -0.1) is 0 Å². The first-order chi connectivity index (χ1) is 8.24. The average Bonchev–Trinajstić information content (AvgIpc) is 2.82. The van der Waals surface area contributed by atoms with Crippen molar-refractivity contribution < 1.29 is 15.0 Å². The van der Waals surface area contributed by atoms with Crippen LogP contribution < -0.4 is 5.32 Å². The van der Waals surface area contributed by atoms with Crippen LogP contribution in [-0.2, 0) is 12.8 Å². The van der Waals surface area contributed by atoms with Crippen molar-refractivity contribution in [2.24, 2.45) is 0 Å². The number of carbonyl (C=O) groups excluding carboxylic acids is 1. The van der Waals surface area contributed by atoms with Gasteiger partial charge in [-0.3, -0.25) is 4.79 Å². The van der Waals surface area contributed by atoms with Crippen LogP contribution in [0.3, 0.4) is 0 Å². The fourth-order valence-corrected chi connectivity index (χ4v) is 2.13. The van der Waals surface area contributed by atoms with Crippen LogP contribution in [0.2, 0.25) is 0 Å². The molecule has 0 saturated heterocycles. The first-order valence-corrected chi connectivity index (χ1v) is 5.89. The zero-order valence-electron chi connectivity index (χ0n) is 9.65. The number of benzene rings is 1. The minimum Gasteiger partial charge on any atom is -0.394 e. The topological polar surface area (TPSA) is 69.6 Å². The van der Waals surface area contributed by atoms with Gasteiger partial charge in [0.05, 0.1) is 19.3 Å². The number of rotatable bonds is 4. The molecule has 0 unspecified atom stereocenters. The number of carbonyl (C=O) groups is 1. The highest BCUT2D eigenvalue weighted by Crippen LogP contribution is 2.22. The number of fused-ring (bicyclic) bond motifs is 1. The molecule has 4 heteroatoms. The van der Waals surface area contributed by atoms with Gasteiger partial charge in [0, 0.05) is 5.56 Å². The fourth-order valence-electron chi connectivity index (χ4n) is 2.13. The molecule has 17 heavy (non-hydrogen) atoms. The molecule has 1 aromatic carbocycles. The zero-order valence-corrected chi connectivity index (χ0v) is 9.65. The molecule has 1 amide bonds. The molecule has 1 aromatic rings. The van der Waals surface area contributed by atoms with Gasteiger partial charge < -0.3 is 15.5 Å². The fraction of sp³-hybridized carbons (Fsp3) is 0.462. The van der Waals surface area contributed by atoms with Crippen LogP contribution >= 0.6 is 0 Å². The second kappa shape index (κ2) is 5.29. The van der Waals surface area contributed by atoms with Gasteiger partial charge in [0.15, 0.2) is 0 Å². The monoisotopic (exact) mass is 235 g/mol. The first kappa shape index (κ1) is 12.1. The van der Waals surface area contributed by atoms with Crippen molar-refractivity contribution in [2.75, 3.05) is 13.2 Å². The molecule has 0 heterocycles. The van der Waals surface area contributed by atoms with E-state index in [0.29, 0.717) is 5.56 Å². The van der Waals surface area contributed by atoms with E-state index in [9.17, 15) is 4.79 Å². The average molecular weight is 235 g/mol. The molecule has 0 spiro atoms. The summed E-state index contributed by atoms with van der Waals surface area (Å²) < 4.78 is 0. The van der Waals surface area contributed by atoms with Crippen molar-refractivity contribution in [3.8, 4) is 0 Å². The Morgan fingerprint density at radius 2 is 1.94 bits per heavy atom. The van der Waals surface area contributed by atoms with Gasteiger partial charge in [-0.25, -0.2) is 0 Å². The Bertz CT molecular complexity index is 413. The number of nitrogens with one attached hydrogen (secondary N) is 1. The Balaban J connectivity index is 2.09. The maximum atomic E-state index is 11.8. The van der Waals surface area contributed by atoms with E-state index in [0.717, 1.165) is 19.3 Å². The van der Waals surface area contributed by atoms with E-state index in [4.69, 9.17) is 10.2 Å². The van der Waals surface area contributed by atoms with Crippen molar-refractivity contribution in [1.82, 2.24) is 5.32 Å². The lowest BCUT2D eigenvalue weighted by atomic mass is 10.1. The van der Waals surface area contributed by atoms with Crippen LogP contribution in [0.1, 0.15) is 27.9 Å². The summed E-state index contributed by atoms with van der Waals surface area (Å²) in [6.45, 7) is -0.514. The number of hydrogen-bond donors (Lipinski definition) is 3. The Morgan fingerprint density at radius 1 is 1.24 bits per heavy atom. The predicted octanol–water partition coefficient (Wildman–Crippen LogP) is 0.258. The Hall–Kier alpha value is -1.39. The summed E-state index contributed by atoms with van der Waals surface area (Å²) in [7, 11) is 0. The van der Waals surface area contributed by atoms with E-state index in [2.05, 4.69) is 5.32 Å². The second-order valence-corrected chi connectivity index (χ2v) is 4.37. The SMILES string of the molecule is O=C(NC(CO)CO)c1ccc2c(c1)CCC2. The molecular formula is C13H17NO3. The molecule has 0 bridgehead atoms. The minimum absolute atomic E-state index is 0.243. The van der Waals surface area contributed by atoms with Crippen molar-refractivity contribution in [3.63, 3.8) is 0 Å². The maximum Gasteiger partial charge on any atom is 0.251 e. The molecule has 1 aliphatic rings. The van der Waals surface area contributed by atoms with Crippen molar-refractivity contribution in [1.29, 1.82) is 0 Å². The van der Waals surface area contributed by atoms with E-state index < -0.39 is 6.04 Å². The molecular weight excluding hydrogens is 218 g/mol. The van der Waals surface area contributed by atoms with Gasteiger partial charge in [-0.1, -0.05) is 6.07 Å². The van der Waals surface area contributed by atoms with E-state index >= 15 is 0 Å². The second-order valence-electron chi connectivity index (χ2n) is 4.37. The molecule has 0 saturated carbocycles. The summed E-state index contributed by atoms with van der Waals surface area (Å²) in [5.41, 5.74) is 3.15. The lowest BCUT2D eigenvalue weighted by molar-refractivity contribution is 0.0879. The largest absolute Gasteiger partial charge is 0.394 e. The first-order valence-electron chi connectivity index (χ1n) is 5.89. The summed E-state index contributed by atoms with van der Waals surface area (Å²) in [6, 6.07) is 5.11. The smallest absolute Gasteiger partial charge is 0.251 e. The molecule has 0 aromatic heterocycles. The van der Waals surface area contributed by atoms with Crippen LogP contribution in [0.5, 0.6) is 0 Å². The van der Waals surface area contributed by atoms with Gasteiger partial charge >= 0.3 is 0 Å². The van der Waals surface area contributed by atoms with Crippen LogP contribution in [0.15, 0.2) is 18.2 Å². The summed E-state index contributed by atoms with van der Waals surface area (Å²) in [5, 5.41) is 20.4. The van der Waals surface area contributed by atoms with Crippen LogP contribution in [0.4, 0.5) is 0 Å².